The summed E-state index contributed by atoms with van der Waals surface area (Å²) in [5, 5.41) is 10.7. The van der Waals surface area contributed by atoms with Crippen LogP contribution in [-0.4, -0.2) is 9.91 Å². The Labute approximate surface area is 106 Å². The van der Waals surface area contributed by atoms with Gasteiger partial charge in [-0.1, -0.05) is 28.1 Å². The number of rotatable bonds is 2. The molecule has 0 aliphatic carbocycles. The van der Waals surface area contributed by atoms with Crippen LogP contribution in [0.3, 0.4) is 0 Å². The number of halogens is 1. The maximum atomic E-state index is 10.7. The molecule has 0 saturated carbocycles. The van der Waals surface area contributed by atoms with Crippen molar-refractivity contribution in [1.29, 1.82) is 0 Å². The van der Waals surface area contributed by atoms with Crippen LogP contribution in [0.5, 0.6) is 0 Å². The molecule has 0 amide bonds. The number of nitrogens with two attached hydrogens (primary N) is 1. The molecule has 0 bridgehead atoms. The zero-order chi connectivity index (χ0) is 12.4. The number of anilines is 1. The van der Waals surface area contributed by atoms with Gasteiger partial charge in [-0.2, -0.15) is 0 Å². The number of nitrogens with zero attached hydrogens (tertiary/aromatic N) is 2. The molecule has 0 atom stereocenters. The van der Waals surface area contributed by atoms with Crippen molar-refractivity contribution in [3.63, 3.8) is 0 Å². The summed E-state index contributed by atoms with van der Waals surface area (Å²) in [4.78, 5) is 14.3. The van der Waals surface area contributed by atoms with Crippen LogP contribution in [-0.2, 0) is 0 Å². The molecule has 0 unspecified atom stereocenters. The molecule has 2 aromatic rings. The average Bonchev–Trinajstić information content (AvgIpc) is 2.28. The van der Waals surface area contributed by atoms with Gasteiger partial charge in [-0.05, 0) is 12.1 Å². The number of hydrogen-bond donors (Lipinski definition) is 1. The smallest absolute Gasteiger partial charge is 0.275 e. The van der Waals surface area contributed by atoms with Crippen molar-refractivity contribution in [1.82, 2.24) is 4.98 Å². The summed E-state index contributed by atoms with van der Waals surface area (Å²) >= 11 is 3.33. The van der Waals surface area contributed by atoms with Crippen molar-refractivity contribution < 1.29 is 4.92 Å². The van der Waals surface area contributed by atoms with E-state index in [4.69, 9.17) is 5.73 Å². The Hall–Kier alpha value is -1.95. The van der Waals surface area contributed by atoms with Gasteiger partial charge in [-0.3, -0.25) is 10.1 Å². The van der Waals surface area contributed by atoms with Gasteiger partial charge in [-0.25, -0.2) is 4.98 Å². The Bertz CT molecular complexity index is 587. The first-order valence-electron chi connectivity index (χ1n) is 4.74. The van der Waals surface area contributed by atoms with E-state index in [0.29, 0.717) is 5.69 Å². The predicted molar refractivity (Wildman–Crippen MR) is 68.4 cm³/mol. The van der Waals surface area contributed by atoms with Gasteiger partial charge in [0.15, 0.2) is 0 Å². The van der Waals surface area contributed by atoms with Crippen LogP contribution < -0.4 is 5.73 Å². The summed E-state index contributed by atoms with van der Waals surface area (Å²) in [7, 11) is 0. The van der Waals surface area contributed by atoms with E-state index in [-0.39, 0.29) is 11.5 Å². The molecule has 6 heteroatoms. The Kier molecular flexibility index (Phi) is 3.06. The second kappa shape index (κ2) is 4.50. The summed E-state index contributed by atoms with van der Waals surface area (Å²) in [5.74, 6) is 0.133. The molecule has 0 spiro atoms. The summed E-state index contributed by atoms with van der Waals surface area (Å²) < 4.78 is 0.877. The molecule has 5 nitrogen and oxygen atoms in total. The van der Waals surface area contributed by atoms with E-state index in [1.54, 1.807) is 0 Å². The van der Waals surface area contributed by atoms with Crippen molar-refractivity contribution >= 4 is 27.4 Å². The third-order valence-corrected chi connectivity index (χ3v) is 2.65. The van der Waals surface area contributed by atoms with Gasteiger partial charge >= 0.3 is 0 Å². The van der Waals surface area contributed by atoms with Crippen LogP contribution in [0.1, 0.15) is 0 Å². The van der Waals surface area contributed by atoms with E-state index in [2.05, 4.69) is 20.9 Å². The van der Waals surface area contributed by atoms with Gasteiger partial charge in [0.2, 0.25) is 0 Å². The summed E-state index contributed by atoms with van der Waals surface area (Å²) in [5.41, 5.74) is 6.74. The number of hydrogen-bond acceptors (Lipinski definition) is 4. The van der Waals surface area contributed by atoms with Crippen molar-refractivity contribution in [3.8, 4) is 11.3 Å². The Morgan fingerprint density at radius 3 is 2.71 bits per heavy atom. The fraction of sp³-hybridized carbons (Fsp3) is 0. The lowest BCUT2D eigenvalue weighted by Gasteiger charge is -2.03. The number of aromatic nitrogens is 1. The lowest BCUT2D eigenvalue weighted by Crippen LogP contribution is -1.96. The molecular formula is C11H8BrN3O2. The fourth-order valence-electron chi connectivity index (χ4n) is 1.44. The molecular weight excluding hydrogens is 286 g/mol. The highest BCUT2D eigenvalue weighted by Crippen LogP contribution is 2.25. The topological polar surface area (TPSA) is 82.0 Å². The van der Waals surface area contributed by atoms with Gasteiger partial charge < -0.3 is 5.73 Å². The SMILES string of the molecule is Nc1cc([N+](=O)[O-])cc(-c2cccc(Br)c2)n1. The van der Waals surface area contributed by atoms with E-state index in [1.807, 2.05) is 24.3 Å². The van der Waals surface area contributed by atoms with E-state index in [0.717, 1.165) is 10.0 Å². The van der Waals surface area contributed by atoms with Gasteiger partial charge in [-0.15, -0.1) is 0 Å². The first kappa shape index (κ1) is 11.5. The molecule has 1 heterocycles. The first-order valence-corrected chi connectivity index (χ1v) is 5.53. The van der Waals surface area contributed by atoms with Gasteiger partial charge in [0.05, 0.1) is 16.7 Å². The third-order valence-electron chi connectivity index (χ3n) is 2.16. The van der Waals surface area contributed by atoms with E-state index < -0.39 is 4.92 Å². The minimum Gasteiger partial charge on any atom is -0.383 e. The minimum absolute atomic E-state index is 0.0625. The van der Waals surface area contributed by atoms with E-state index >= 15 is 0 Å². The number of benzene rings is 1. The van der Waals surface area contributed by atoms with Crippen molar-refractivity contribution in [2.24, 2.45) is 0 Å². The summed E-state index contributed by atoms with van der Waals surface area (Å²) in [6.45, 7) is 0. The molecule has 0 fully saturated rings. The van der Waals surface area contributed by atoms with Crippen molar-refractivity contribution in [3.05, 3.63) is 51.0 Å². The molecule has 1 aromatic heterocycles. The minimum atomic E-state index is -0.487. The van der Waals surface area contributed by atoms with Crippen LogP contribution in [0.2, 0.25) is 0 Å². The highest BCUT2D eigenvalue weighted by molar-refractivity contribution is 9.10. The van der Waals surface area contributed by atoms with Crippen LogP contribution in [0, 0.1) is 10.1 Å². The Morgan fingerprint density at radius 2 is 2.06 bits per heavy atom. The van der Waals surface area contributed by atoms with E-state index in [9.17, 15) is 10.1 Å². The number of pyridine rings is 1. The Morgan fingerprint density at radius 1 is 1.29 bits per heavy atom. The normalized spacial score (nSPS) is 10.2. The zero-order valence-electron chi connectivity index (χ0n) is 8.63. The predicted octanol–water partition coefficient (Wildman–Crippen LogP) is 3.00. The molecule has 2 rings (SSSR count). The zero-order valence-corrected chi connectivity index (χ0v) is 10.2. The monoisotopic (exact) mass is 293 g/mol. The molecule has 0 radical (unpaired) electrons. The lowest BCUT2D eigenvalue weighted by atomic mass is 10.1. The second-order valence-corrected chi connectivity index (χ2v) is 4.32. The van der Waals surface area contributed by atoms with Crippen molar-refractivity contribution in [2.45, 2.75) is 0 Å². The lowest BCUT2D eigenvalue weighted by molar-refractivity contribution is -0.384. The molecule has 0 aliphatic rings. The maximum absolute atomic E-state index is 10.7. The molecule has 0 aliphatic heterocycles. The third kappa shape index (κ3) is 2.59. The molecule has 0 saturated heterocycles. The maximum Gasteiger partial charge on any atom is 0.275 e. The van der Waals surface area contributed by atoms with Crippen LogP contribution in [0.15, 0.2) is 40.9 Å². The quantitative estimate of drug-likeness (QED) is 0.681. The molecule has 86 valence electrons. The van der Waals surface area contributed by atoms with Gasteiger partial charge in [0.25, 0.3) is 5.69 Å². The second-order valence-electron chi connectivity index (χ2n) is 3.40. The van der Waals surface area contributed by atoms with Crippen LogP contribution >= 0.6 is 15.9 Å². The average molecular weight is 294 g/mol. The summed E-state index contributed by atoms with van der Waals surface area (Å²) in [6.07, 6.45) is 0. The summed E-state index contributed by atoms with van der Waals surface area (Å²) in [6, 6.07) is 9.97. The highest BCUT2D eigenvalue weighted by atomic mass is 79.9. The van der Waals surface area contributed by atoms with Crippen LogP contribution in [0.4, 0.5) is 11.5 Å². The highest BCUT2D eigenvalue weighted by Gasteiger charge is 2.11. The van der Waals surface area contributed by atoms with Crippen molar-refractivity contribution in [2.75, 3.05) is 5.73 Å². The number of nitro groups is 1. The molecule has 17 heavy (non-hydrogen) atoms. The van der Waals surface area contributed by atoms with E-state index in [1.165, 1.54) is 12.1 Å². The largest absolute Gasteiger partial charge is 0.383 e. The molecule has 2 N–H and O–H groups in total. The van der Waals surface area contributed by atoms with Gasteiger partial charge in [0, 0.05) is 16.1 Å². The number of nitrogen functional groups attached to an aromatic ring is 1. The fourth-order valence-corrected chi connectivity index (χ4v) is 1.84. The molecule has 1 aromatic carbocycles. The van der Waals surface area contributed by atoms with Gasteiger partial charge in [0.1, 0.15) is 5.82 Å². The standard InChI is InChI=1S/C11H8BrN3O2/c12-8-3-1-2-7(4-8)10-5-9(15(16)17)6-11(13)14-10/h1-6H,(H2,13,14). The van der Waals surface area contributed by atoms with Crippen LogP contribution in [0.25, 0.3) is 11.3 Å². The Balaban J connectivity index is 2.56. The first-order chi connectivity index (χ1) is 8.06.